The largest absolute Gasteiger partial charge is 0.411 e. The molecule has 0 saturated heterocycles. The zero-order valence-corrected chi connectivity index (χ0v) is 11.6. The molecule has 20 heavy (non-hydrogen) atoms. The molecule has 102 valence electrons. The van der Waals surface area contributed by atoms with Gasteiger partial charge in [0, 0.05) is 5.56 Å². The first kappa shape index (κ1) is 14.3. The maximum atomic E-state index is 13.7. The van der Waals surface area contributed by atoms with Crippen LogP contribution in [0.4, 0.5) is 4.39 Å². The van der Waals surface area contributed by atoms with Crippen molar-refractivity contribution in [3.63, 3.8) is 0 Å². The predicted molar refractivity (Wildman–Crippen MR) is 80.6 cm³/mol. The highest BCUT2D eigenvalue weighted by atomic mass is 35.5. The van der Waals surface area contributed by atoms with Gasteiger partial charge in [-0.05, 0) is 29.7 Å². The van der Waals surface area contributed by atoms with Gasteiger partial charge >= 0.3 is 0 Å². The Hall–Kier alpha value is -2.13. The second-order valence-corrected chi connectivity index (χ2v) is 4.68. The first-order chi connectivity index (χ1) is 9.63. The lowest BCUT2D eigenvalue weighted by atomic mass is 10.0. The van der Waals surface area contributed by atoms with E-state index in [-0.39, 0.29) is 5.82 Å². The quantitative estimate of drug-likeness (QED) is 0.485. The van der Waals surface area contributed by atoms with Gasteiger partial charge in [-0.25, -0.2) is 4.39 Å². The highest BCUT2D eigenvalue weighted by Crippen LogP contribution is 2.27. The van der Waals surface area contributed by atoms with Gasteiger partial charge in [-0.3, -0.25) is 0 Å². The Kier molecular flexibility index (Phi) is 4.53. The van der Waals surface area contributed by atoms with Crippen LogP contribution in [0.15, 0.2) is 59.3 Å². The molecular weight excluding hydrogens is 277 g/mol. The number of benzene rings is 2. The number of rotatable bonds is 3. The summed E-state index contributed by atoms with van der Waals surface area (Å²) in [5.41, 5.74) is 2.76. The maximum absolute atomic E-state index is 13.7. The standard InChI is InChI=1S/C16H13ClFNO/c1-11(10-19-20)16(17)13-8-6-12(7-9-13)14-4-2-3-5-15(14)18/h2-10,20H,1H3. The lowest BCUT2D eigenvalue weighted by molar-refractivity contribution is 0.321. The fourth-order valence-corrected chi connectivity index (χ4v) is 2.04. The molecule has 0 aromatic heterocycles. The van der Waals surface area contributed by atoms with Crippen LogP contribution in [0.5, 0.6) is 0 Å². The van der Waals surface area contributed by atoms with E-state index >= 15 is 0 Å². The van der Waals surface area contributed by atoms with Crippen LogP contribution in [0.25, 0.3) is 16.2 Å². The van der Waals surface area contributed by atoms with Crippen LogP contribution < -0.4 is 0 Å². The van der Waals surface area contributed by atoms with Crippen molar-refractivity contribution in [1.29, 1.82) is 0 Å². The number of halogens is 2. The summed E-state index contributed by atoms with van der Waals surface area (Å²) < 4.78 is 13.7. The first-order valence-corrected chi connectivity index (χ1v) is 6.40. The normalized spacial score (nSPS) is 12.6. The van der Waals surface area contributed by atoms with Crippen molar-refractivity contribution in [3.05, 3.63) is 65.5 Å². The van der Waals surface area contributed by atoms with Gasteiger partial charge in [-0.1, -0.05) is 59.2 Å². The van der Waals surface area contributed by atoms with E-state index in [0.29, 0.717) is 16.2 Å². The van der Waals surface area contributed by atoms with Crippen LogP contribution in [0.3, 0.4) is 0 Å². The highest BCUT2D eigenvalue weighted by Gasteiger charge is 2.06. The van der Waals surface area contributed by atoms with Gasteiger partial charge in [-0.2, -0.15) is 0 Å². The molecule has 0 aliphatic carbocycles. The smallest absolute Gasteiger partial charge is 0.131 e. The zero-order chi connectivity index (χ0) is 14.5. The first-order valence-electron chi connectivity index (χ1n) is 6.02. The molecule has 0 atom stereocenters. The van der Waals surface area contributed by atoms with Crippen molar-refractivity contribution in [1.82, 2.24) is 0 Å². The van der Waals surface area contributed by atoms with E-state index < -0.39 is 0 Å². The molecule has 2 aromatic carbocycles. The molecule has 0 heterocycles. The Bertz CT molecular complexity index is 662. The Morgan fingerprint density at radius 2 is 1.80 bits per heavy atom. The van der Waals surface area contributed by atoms with Crippen molar-refractivity contribution in [3.8, 4) is 11.1 Å². The predicted octanol–water partition coefficient (Wildman–Crippen LogP) is 4.92. The highest BCUT2D eigenvalue weighted by molar-refractivity contribution is 6.50. The zero-order valence-electron chi connectivity index (χ0n) is 10.8. The van der Waals surface area contributed by atoms with Crippen molar-refractivity contribution in [2.75, 3.05) is 0 Å². The summed E-state index contributed by atoms with van der Waals surface area (Å²) in [6.45, 7) is 1.74. The lowest BCUT2D eigenvalue weighted by Crippen LogP contribution is -1.87. The molecule has 4 heteroatoms. The molecule has 0 bridgehead atoms. The minimum absolute atomic E-state index is 0.259. The molecule has 2 rings (SSSR count). The second-order valence-electron chi connectivity index (χ2n) is 4.30. The van der Waals surface area contributed by atoms with Crippen LogP contribution in [0.2, 0.25) is 0 Å². The molecule has 0 aliphatic rings. The van der Waals surface area contributed by atoms with Crippen molar-refractivity contribution in [2.45, 2.75) is 6.92 Å². The van der Waals surface area contributed by atoms with Gasteiger partial charge in [0.25, 0.3) is 0 Å². The van der Waals surface area contributed by atoms with Crippen molar-refractivity contribution >= 4 is 22.8 Å². The summed E-state index contributed by atoms with van der Waals surface area (Å²) in [4.78, 5) is 0. The summed E-state index contributed by atoms with van der Waals surface area (Å²) in [6, 6.07) is 13.8. The fraction of sp³-hybridized carbons (Fsp3) is 0.0625. The van der Waals surface area contributed by atoms with E-state index in [4.69, 9.17) is 16.8 Å². The monoisotopic (exact) mass is 289 g/mol. The van der Waals surface area contributed by atoms with Gasteiger partial charge < -0.3 is 5.21 Å². The third-order valence-corrected chi connectivity index (χ3v) is 3.44. The number of hydrogen-bond acceptors (Lipinski definition) is 2. The third kappa shape index (κ3) is 3.06. The van der Waals surface area contributed by atoms with Gasteiger partial charge in [0.05, 0.1) is 11.2 Å². The summed E-state index contributed by atoms with van der Waals surface area (Å²) in [5, 5.41) is 11.9. The molecule has 0 unspecified atom stereocenters. The van der Waals surface area contributed by atoms with Crippen molar-refractivity contribution in [2.24, 2.45) is 5.16 Å². The van der Waals surface area contributed by atoms with Crippen LogP contribution in [-0.4, -0.2) is 11.4 Å². The lowest BCUT2D eigenvalue weighted by Gasteiger charge is -2.06. The number of hydrogen-bond donors (Lipinski definition) is 1. The summed E-state index contributed by atoms with van der Waals surface area (Å²) in [5.74, 6) is -0.259. The van der Waals surface area contributed by atoms with E-state index in [0.717, 1.165) is 11.1 Å². The fourth-order valence-electron chi connectivity index (χ4n) is 1.86. The number of allylic oxidation sites excluding steroid dienone is 1. The van der Waals surface area contributed by atoms with Crippen LogP contribution in [0.1, 0.15) is 12.5 Å². The van der Waals surface area contributed by atoms with Gasteiger partial charge in [-0.15, -0.1) is 0 Å². The number of oxime groups is 1. The SMILES string of the molecule is CC(C=NO)=C(Cl)c1ccc(-c2ccccc2F)cc1. The molecule has 2 nitrogen and oxygen atoms in total. The van der Waals surface area contributed by atoms with Gasteiger partial charge in [0.1, 0.15) is 5.82 Å². The number of nitrogens with zero attached hydrogens (tertiary/aromatic N) is 1. The minimum atomic E-state index is -0.259. The van der Waals surface area contributed by atoms with Gasteiger partial charge in [0.2, 0.25) is 0 Å². The molecule has 0 amide bonds. The van der Waals surface area contributed by atoms with E-state index in [1.165, 1.54) is 12.3 Å². The molecule has 1 N–H and O–H groups in total. The Labute approximate surface area is 121 Å². The average Bonchev–Trinajstić information content (AvgIpc) is 2.47. The molecular formula is C16H13ClFNO. The Balaban J connectivity index is 2.37. The van der Waals surface area contributed by atoms with E-state index in [9.17, 15) is 4.39 Å². The van der Waals surface area contributed by atoms with E-state index in [2.05, 4.69) is 5.16 Å². The minimum Gasteiger partial charge on any atom is -0.411 e. The topological polar surface area (TPSA) is 32.6 Å². The molecule has 0 spiro atoms. The van der Waals surface area contributed by atoms with Crippen LogP contribution in [-0.2, 0) is 0 Å². The molecule has 0 saturated carbocycles. The summed E-state index contributed by atoms with van der Waals surface area (Å²) >= 11 is 6.17. The molecule has 0 aliphatic heterocycles. The van der Waals surface area contributed by atoms with E-state index in [1.54, 1.807) is 49.4 Å². The van der Waals surface area contributed by atoms with Crippen LogP contribution in [0, 0.1) is 5.82 Å². The summed E-state index contributed by atoms with van der Waals surface area (Å²) in [6.07, 6.45) is 1.27. The van der Waals surface area contributed by atoms with Gasteiger partial charge in [0.15, 0.2) is 0 Å². The molecule has 0 radical (unpaired) electrons. The third-order valence-electron chi connectivity index (χ3n) is 2.92. The van der Waals surface area contributed by atoms with Crippen LogP contribution >= 0.6 is 11.6 Å². The Morgan fingerprint density at radius 1 is 1.15 bits per heavy atom. The molecule has 0 fully saturated rings. The Morgan fingerprint density at radius 3 is 2.40 bits per heavy atom. The molecule has 2 aromatic rings. The maximum Gasteiger partial charge on any atom is 0.131 e. The van der Waals surface area contributed by atoms with Crippen molar-refractivity contribution < 1.29 is 9.60 Å². The van der Waals surface area contributed by atoms with E-state index in [1.807, 2.05) is 0 Å². The second kappa shape index (κ2) is 6.35. The average molecular weight is 290 g/mol. The summed E-state index contributed by atoms with van der Waals surface area (Å²) in [7, 11) is 0.